The van der Waals surface area contributed by atoms with Gasteiger partial charge in [-0.15, -0.1) is 11.3 Å². The van der Waals surface area contributed by atoms with Gasteiger partial charge >= 0.3 is 5.69 Å². The molecule has 0 unspecified atom stereocenters. The van der Waals surface area contributed by atoms with Crippen molar-refractivity contribution in [3.63, 3.8) is 0 Å². The Morgan fingerprint density at radius 2 is 2.21 bits per heavy atom. The number of amides is 1. The van der Waals surface area contributed by atoms with Gasteiger partial charge in [0.05, 0.1) is 12.1 Å². The molecule has 1 aliphatic carbocycles. The van der Waals surface area contributed by atoms with Crippen LogP contribution in [-0.2, 0) is 11.3 Å². The maximum Gasteiger partial charge on any atom is 0.328 e. The number of nitrogens with one attached hydrogen (secondary N) is 2. The maximum absolute atomic E-state index is 12.3. The van der Waals surface area contributed by atoms with Crippen LogP contribution in [0.1, 0.15) is 30.2 Å². The van der Waals surface area contributed by atoms with Gasteiger partial charge < -0.3 is 15.0 Å². The van der Waals surface area contributed by atoms with Gasteiger partial charge in [-0.2, -0.15) is 0 Å². The Bertz CT molecular complexity index is 805. The van der Waals surface area contributed by atoms with E-state index in [1.165, 1.54) is 16.8 Å². The number of H-pyrrole nitrogens is 1. The molecule has 1 amide bonds. The molecule has 1 fully saturated rings. The summed E-state index contributed by atoms with van der Waals surface area (Å²) in [6, 6.07) is 5.07. The number of hydrogen-bond acceptors (Lipinski definition) is 5. The van der Waals surface area contributed by atoms with Gasteiger partial charge in [0.15, 0.2) is 0 Å². The summed E-state index contributed by atoms with van der Waals surface area (Å²) in [6.07, 6.45) is 2.61. The number of aromatic nitrogens is 2. The highest BCUT2D eigenvalue weighted by atomic mass is 32.1. The van der Waals surface area contributed by atoms with Crippen LogP contribution < -0.4 is 16.6 Å². The lowest BCUT2D eigenvalue weighted by atomic mass is 9.76. The minimum atomic E-state index is -0.521. The average Bonchev–Trinajstić information content (AvgIpc) is 3.03. The molecule has 0 aromatic carbocycles. The Morgan fingerprint density at radius 3 is 2.83 bits per heavy atom. The molecule has 2 aromatic rings. The molecule has 1 atom stereocenters. The number of hydrogen-bond donors (Lipinski definition) is 3. The van der Waals surface area contributed by atoms with Gasteiger partial charge in [0, 0.05) is 30.1 Å². The Hall–Kier alpha value is -2.19. The lowest BCUT2D eigenvalue weighted by Gasteiger charge is -2.37. The molecule has 0 bridgehead atoms. The van der Waals surface area contributed by atoms with Crippen molar-refractivity contribution in [2.24, 2.45) is 5.92 Å². The average molecular weight is 349 g/mol. The summed E-state index contributed by atoms with van der Waals surface area (Å²) in [7, 11) is 0. The molecule has 24 heavy (non-hydrogen) atoms. The predicted molar refractivity (Wildman–Crippen MR) is 89.9 cm³/mol. The van der Waals surface area contributed by atoms with E-state index in [4.69, 9.17) is 0 Å². The van der Waals surface area contributed by atoms with Crippen molar-refractivity contribution < 1.29 is 9.90 Å². The third-order valence-electron chi connectivity index (χ3n) is 4.26. The molecule has 2 heterocycles. The van der Waals surface area contributed by atoms with Crippen LogP contribution in [0.5, 0.6) is 0 Å². The molecular weight excluding hydrogens is 330 g/mol. The summed E-state index contributed by atoms with van der Waals surface area (Å²) in [5.41, 5.74) is -0.978. The van der Waals surface area contributed by atoms with E-state index in [0.29, 0.717) is 12.8 Å². The largest absolute Gasteiger partial charge is 0.393 e. The summed E-state index contributed by atoms with van der Waals surface area (Å²) >= 11 is 1.58. The summed E-state index contributed by atoms with van der Waals surface area (Å²) in [4.78, 5) is 38.1. The first-order valence-electron chi connectivity index (χ1n) is 7.83. The first kappa shape index (κ1) is 16.7. The molecule has 8 heteroatoms. The van der Waals surface area contributed by atoms with Crippen molar-refractivity contribution in [1.29, 1.82) is 0 Å². The number of aliphatic hydroxyl groups excluding tert-OH is 1. The zero-order chi connectivity index (χ0) is 17.1. The van der Waals surface area contributed by atoms with E-state index in [1.807, 2.05) is 17.5 Å². The fraction of sp³-hybridized carbons (Fsp3) is 0.438. The third kappa shape index (κ3) is 3.82. The fourth-order valence-corrected chi connectivity index (χ4v) is 3.75. The van der Waals surface area contributed by atoms with Gasteiger partial charge in [0.25, 0.3) is 5.56 Å². The summed E-state index contributed by atoms with van der Waals surface area (Å²) in [6.45, 7) is 0.200. The van der Waals surface area contributed by atoms with Crippen LogP contribution in [-0.4, -0.2) is 26.7 Å². The Kier molecular flexibility index (Phi) is 4.96. The molecule has 1 aliphatic rings. The quantitative estimate of drug-likeness (QED) is 0.711. The molecule has 0 aliphatic heterocycles. The molecule has 2 aromatic heterocycles. The van der Waals surface area contributed by atoms with Gasteiger partial charge in [-0.05, 0) is 30.2 Å². The second-order valence-corrected chi connectivity index (χ2v) is 6.98. The predicted octanol–water partition coefficient (Wildman–Crippen LogP) is 0.617. The van der Waals surface area contributed by atoms with Crippen LogP contribution in [0.4, 0.5) is 0 Å². The number of nitrogens with zero attached hydrogens (tertiary/aromatic N) is 1. The maximum atomic E-state index is 12.3. The number of aryl methyl sites for hydroxylation is 1. The van der Waals surface area contributed by atoms with Crippen LogP contribution in [0.25, 0.3) is 0 Å². The molecule has 0 saturated heterocycles. The number of thiophene rings is 1. The van der Waals surface area contributed by atoms with Crippen molar-refractivity contribution in [3.8, 4) is 0 Å². The molecular formula is C16H19N3O4S. The van der Waals surface area contributed by atoms with Crippen LogP contribution in [0.2, 0.25) is 0 Å². The van der Waals surface area contributed by atoms with Crippen molar-refractivity contribution in [1.82, 2.24) is 14.9 Å². The van der Waals surface area contributed by atoms with E-state index < -0.39 is 11.2 Å². The highest BCUT2D eigenvalue weighted by molar-refractivity contribution is 7.10. The normalized spacial score (nSPS) is 21.0. The summed E-state index contributed by atoms with van der Waals surface area (Å²) in [5.74, 6) is 0.0753. The highest BCUT2D eigenvalue weighted by Crippen LogP contribution is 2.39. The molecule has 128 valence electrons. The molecule has 3 rings (SSSR count). The number of carbonyl (C=O) groups is 1. The zero-order valence-corrected chi connectivity index (χ0v) is 13.8. The topological polar surface area (TPSA) is 104 Å². The van der Waals surface area contributed by atoms with Gasteiger partial charge in [0.1, 0.15) is 0 Å². The monoisotopic (exact) mass is 349 g/mol. The second-order valence-electron chi connectivity index (χ2n) is 6.00. The molecule has 3 N–H and O–H groups in total. The Morgan fingerprint density at radius 1 is 1.42 bits per heavy atom. The van der Waals surface area contributed by atoms with Gasteiger partial charge in [0.2, 0.25) is 5.91 Å². The standard InChI is InChI=1S/C16H19N3O4S/c20-11-8-10(9-11)15(12-2-1-7-24-12)17-13(21)3-5-19-6-4-14(22)18-16(19)23/h1-2,4,6-7,10-11,15,20H,3,5,8-9H2,(H,17,21)(H,18,22,23)/t10?,11?,15-/m0/s1. The number of carbonyl (C=O) groups excluding carboxylic acids is 1. The smallest absolute Gasteiger partial charge is 0.328 e. The fourth-order valence-electron chi connectivity index (χ4n) is 2.88. The van der Waals surface area contributed by atoms with E-state index in [-0.39, 0.29) is 36.9 Å². The number of rotatable bonds is 6. The summed E-state index contributed by atoms with van der Waals surface area (Å²) in [5, 5.41) is 14.5. The Labute approximate surface area is 142 Å². The van der Waals surface area contributed by atoms with Crippen molar-refractivity contribution in [2.45, 2.75) is 38.0 Å². The van der Waals surface area contributed by atoms with E-state index >= 15 is 0 Å². The minimum absolute atomic E-state index is 0.104. The van der Waals surface area contributed by atoms with Crippen LogP contribution in [0.15, 0.2) is 39.4 Å². The minimum Gasteiger partial charge on any atom is -0.393 e. The van der Waals surface area contributed by atoms with Crippen LogP contribution >= 0.6 is 11.3 Å². The van der Waals surface area contributed by atoms with Crippen molar-refractivity contribution in [3.05, 3.63) is 55.5 Å². The third-order valence-corrected chi connectivity index (χ3v) is 5.22. The van der Waals surface area contributed by atoms with E-state index in [1.54, 1.807) is 11.3 Å². The van der Waals surface area contributed by atoms with E-state index in [0.717, 1.165) is 4.88 Å². The van der Waals surface area contributed by atoms with Crippen LogP contribution in [0.3, 0.4) is 0 Å². The first-order chi connectivity index (χ1) is 11.5. The summed E-state index contributed by atoms with van der Waals surface area (Å²) < 4.78 is 1.30. The zero-order valence-electron chi connectivity index (χ0n) is 13.0. The number of aromatic amines is 1. The van der Waals surface area contributed by atoms with Crippen molar-refractivity contribution >= 4 is 17.2 Å². The SMILES string of the molecule is O=C(CCn1ccc(=O)[nH]c1=O)N[C@H](c1cccs1)C1CC(O)C1. The molecule has 7 nitrogen and oxygen atoms in total. The lowest BCUT2D eigenvalue weighted by Crippen LogP contribution is -2.41. The van der Waals surface area contributed by atoms with Crippen molar-refractivity contribution in [2.75, 3.05) is 0 Å². The second kappa shape index (κ2) is 7.14. The number of aliphatic hydroxyl groups is 1. The van der Waals surface area contributed by atoms with Gasteiger partial charge in [-0.1, -0.05) is 6.07 Å². The lowest BCUT2D eigenvalue weighted by molar-refractivity contribution is -0.123. The van der Waals surface area contributed by atoms with Gasteiger partial charge in [-0.25, -0.2) is 4.79 Å². The molecule has 0 spiro atoms. The first-order valence-corrected chi connectivity index (χ1v) is 8.71. The van der Waals surface area contributed by atoms with E-state index in [2.05, 4.69) is 10.3 Å². The molecule has 1 saturated carbocycles. The van der Waals surface area contributed by atoms with Gasteiger partial charge in [-0.3, -0.25) is 14.6 Å². The highest BCUT2D eigenvalue weighted by Gasteiger charge is 2.36. The van der Waals surface area contributed by atoms with E-state index in [9.17, 15) is 19.5 Å². The Balaban J connectivity index is 1.61. The molecule has 0 radical (unpaired) electrons. The van der Waals surface area contributed by atoms with Crippen LogP contribution in [0, 0.1) is 5.92 Å².